The highest BCUT2D eigenvalue weighted by Gasteiger charge is 2.14. The van der Waals surface area contributed by atoms with Crippen molar-refractivity contribution in [2.75, 3.05) is 18.2 Å². The van der Waals surface area contributed by atoms with Gasteiger partial charge < -0.3 is 10.1 Å². The molecule has 0 amide bonds. The number of nitrogens with two attached hydrogens (primary N) is 1. The molecule has 0 unspecified atom stereocenters. The van der Waals surface area contributed by atoms with Gasteiger partial charge in [0.15, 0.2) is 0 Å². The molecule has 1 aromatic carbocycles. The molecule has 1 rings (SSSR count). The fourth-order valence-electron chi connectivity index (χ4n) is 2.15. The molecule has 0 aromatic heterocycles. The maximum atomic E-state index is 13.4. The van der Waals surface area contributed by atoms with Crippen molar-refractivity contribution in [3.05, 3.63) is 35.7 Å². The minimum Gasteiger partial charge on any atom is -0.396 e. The zero-order chi connectivity index (χ0) is 14.4. The Balaban J connectivity index is 3.17. The van der Waals surface area contributed by atoms with Crippen LogP contribution >= 0.6 is 0 Å². The average Bonchev–Trinajstić information content (AvgIpc) is 2.38. The standard InChI is InChI=1S/C15H23FN2O/c1-4-13(11(2)3)14-7-6-12(16)10-15(14)18(17)8-5-9-19/h4,6-7,10-11,19H,5,8-9,17H2,1-3H3/b13-4-. The maximum absolute atomic E-state index is 13.4. The van der Waals surface area contributed by atoms with Crippen LogP contribution in [0, 0.1) is 11.7 Å². The van der Waals surface area contributed by atoms with Gasteiger partial charge in [0.05, 0.1) is 5.69 Å². The number of rotatable bonds is 6. The van der Waals surface area contributed by atoms with E-state index in [4.69, 9.17) is 10.9 Å². The first-order valence-electron chi connectivity index (χ1n) is 6.60. The number of anilines is 1. The van der Waals surface area contributed by atoms with E-state index in [1.54, 1.807) is 6.07 Å². The molecule has 1 aromatic rings. The molecule has 0 saturated carbocycles. The van der Waals surface area contributed by atoms with Crippen LogP contribution in [0.2, 0.25) is 0 Å². The van der Waals surface area contributed by atoms with Crippen LogP contribution in [-0.2, 0) is 0 Å². The largest absolute Gasteiger partial charge is 0.396 e. The number of hydrogen-bond donors (Lipinski definition) is 2. The van der Waals surface area contributed by atoms with Gasteiger partial charge in [-0.15, -0.1) is 0 Å². The Morgan fingerprint density at radius 3 is 2.68 bits per heavy atom. The summed E-state index contributed by atoms with van der Waals surface area (Å²) in [6.07, 6.45) is 2.58. The monoisotopic (exact) mass is 266 g/mol. The molecule has 0 atom stereocenters. The van der Waals surface area contributed by atoms with E-state index in [0.29, 0.717) is 24.6 Å². The van der Waals surface area contributed by atoms with Crippen LogP contribution in [0.1, 0.15) is 32.8 Å². The van der Waals surface area contributed by atoms with Gasteiger partial charge in [-0.25, -0.2) is 10.2 Å². The van der Waals surface area contributed by atoms with Crippen LogP contribution in [0.4, 0.5) is 10.1 Å². The molecule has 0 saturated heterocycles. The molecular weight excluding hydrogens is 243 g/mol. The number of benzene rings is 1. The lowest BCUT2D eigenvalue weighted by Gasteiger charge is -2.24. The SMILES string of the molecule is C/C=C(\c1ccc(F)cc1N(N)CCCO)C(C)C. The van der Waals surface area contributed by atoms with Crippen LogP contribution < -0.4 is 10.9 Å². The van der Waals surface area contributed by atoms with Gasteiger partial charge in [0, 0.05) is 18.7 Å². The lowest BCUT2D eigenvalue weighted by molar-refractivity contribution is 0.289. The van der Waals surface area contributed by atoms with E-state index < -0.39 is 0 Å². The smallest absolute Gasteiger partial charge is 0.125 e. The Labute approximate surface area is 114 Å². The predicted molar refractivity (Wildman–Crippen MR) is 78.1 cm³/mol. The Hall–Kier alpha value is -1.39. The molecule has 3 nitrogen and oxygen atoms in total. The summed E-state index contributed by atoms with van der Waals surface area (Å²) in [6.45, 7) is 6.71. The predicted octanol–water partition coefficient (Wildman–Crippen LogP) is 2.95. The topological polar surface area (TPSA) is 49.5 Å². The van der Waals surface area contributed by atoms with Crippen molar-refractivity contribution in [2.45, 2.75) is 27.2 Å². The number of hydrazine groups is 1. The van der Waals surface area contributed by atoms with E-state index in [1.807, 2.05) is 13.0 Å². The van der Waals surface area contributed by atoms with E-state index in [0.717, 1.165) is 11.1 Å². The summed E-state index contributed by atoms with van der Waals surface area (Å²) < 4.78 is 13.4. The van der Waals surface area contributed by atoms with Crippen molar-refractivity contribution in [3.63, 3.8) is 0 Å². The van der Waals surface area contributed by atoms with Gasteiger partial charge >= 0.3 is 0 Å². The van der Waals surface area contributed by atoms with Crippen LogP contribution in [-0.4, -0.2) is 18.3 Å². The van der Waals surface area contributed by atoms with Gasteiger partial charge in [-0.3, -0.25) is 0 Å². The first-order chi connectivity index (χ1) is 9.01. The molecule has 19 heavy (non-hydrogen) atoms. The van der Waals surface area contributed by atoms with Gasteiger partial charge in [0.1, 0.15) is 5.82 Å². The average molecular weight is 266 g/mol. The van der Waals surface area contributed by atoms with E-state index in [2.05, 4.69) is 13.8 Å². The van der Waals surface area contributed by atoms with Crippen molar-refractivity contribution in [1.82, 2.24) is 0 Å². The van der Waals surface area contributed by atoms with Crippen molar-refractivity contribution >= 4 is 11.3 Å². The molecule has 0 bridgehead atoms. The third kappa shape index (κ3) is 4.04. The molecule has 0 aliphatic heterocycles. The Kier molecular flexibility index (Phi) is 5.99. The summed E-state index contributed by atoms with van der Waals surface area (Å²) in [7, 11) is 0. The molecule has 0 heterocycles. The summed E-state index contributed by atoms with van der Waals surface area (Å²) in [4.78, 5) is 0. The molecule has 0 fully saturated rings. The third-order valence-corrected chi connectivity index (χ3v) is 3.07. The van der Waals surface area contributed by atoms with Crippen molar-refractivity contribution in [2.24, 2.45) is 11.8 Å². The lowest BCUT2D eigenvalue weighted by atomic mass is 9.93. The highest BCUT2D eigenvalue weighted by Crippen LogP contribution is 2.31. The summed E-state index contributed by atoms with van der Waals surface area (Å²) >= 11 is 0. The fraction of sp³-hybridized carbons (Fsp3) is 0.467. The third-order valence-electron chi connectivity index (χ3n) is 3.07. The zero-order valence-electron chi connectivity index (χ0n) is 11.9. The molecule has 3 N–H and O–H groups in total. The molecule has 0 aliphatic carbocycles. The van der Waals surface area contributed by atoms with Gasteiger partial charge in [-0.05, 0) is 43.0 Å². The van der Waals surface area contributed by atoms with Gasteiger partial charge in [-0.1, -0.05) is 19.9 Å². The highest BCUT2D eigenvalue weighted by molar-refractivity contribution is 5.77. The lowest BCUT2D eigenvalue weighted by Crippen LogP contribution is -2.33. The summed E-state index contributed by atoms with van der Waals surface area (Å²) in [5, 5.41) is 10.4. The van der Waals surface area contributed by atoms with E-state index >= 15 is 0 Å². The number of aliphatic hydroxyl groups is 1. The number of halogens is 1. The number of allylic oxidation sites excluding steroid dienone is 2. The fourth-order valence-corrected chi connectivity index (χ4v) is 2.15. The maximum Gasteiger partial charge on any atom is 0.125 e. The molecular formula is C15H23FN2O. The minimum atomic E-state index is -0.308. The normalized spacial score (nSPS) is 12.1. The van der Waals surface area contributed by atoms with Crippen molar-refractivity contribution < 1.29 is 9.50 Å². The van der Waals surface area contributed by atoms with Crippen LogP contribution in [0.25, 0.3) is 5.57 Å². The molecule has 0 aliphatic rings. The van der Waals surface area contributed by atoms with Gasteiger partial charge in [0.25, 0.3) is 0 Å². The minimum absolute atomic E-state index is 0.0685. The second kappa shape index (κ2) is 7.26. The van der Waals surface area contributed by atoms with Crippen LogP contribution in [0.15, 0.2) is 24.3 Å². The molecule has 0 radical (unpaired) electrons. The second-order valence-electron chi connectivity index (χ2n) is 4.83. The van der Waals surface area contributed by atoms with Gasteiger partial charge in [-0.2, -0.15) is 0 Å². The Morgan fingerprint density at radius 1 is 1.47 bits per heavy atom. The quantitative estimate of drug-likeness (QED) is 0.615. The van der Waals surface area contributed by atoms with Crippen LogP contribution in [0.5, 0.6) is 0 Å². The number of nitrogens with zero attached hydrogens (tertiary/aromatic N) is 1. The summed E-state index contributed by atoms with van der Waals surface area (Å²) in [6, 6.07) is 4.65. The number of aliphatic hydroxyl groups excluding tert-OH is 1. The zero-order valence-corrected chi connectivity index (χ0v) is 11.9. The van der Waals surface area contributed by atoms with Crippen molar-refractivity contribution in [1.29, 1.82) is 0 Å². The summed E-state index contributed by atoms with van der Waals surface area (Å²) in [5.74, 6) is 6.00. The summed E-state index contributed by atoms with van der Waals surface area (Å²) in [5.41, 5.74) is 2.74. The second-order valence-corrected chi connectivity index (χ2v) is 4.83. The van der Waals surface area contributed by atoms with Crippen LogP contribution in [0.3, 0.4) is 0 Å². The highest BCUT2D eigenvalue weighted by atomic mass is 19.1. The molecule has 106 valence electrons. The number of hydrogen-bond acceptors (Lipinski definition) is 3. The van der Waals surface area contributed by atoms with E-state index in [1.165, 1.54) is 17.1 Å². The van der Waals surface area contributed by atoms with Crippen molar-refractivity contribution in [3.8, 4) is 0 Å². The van der Waals surface area contributed by atoms with E-state index in [9.17, 15) is 4.39 Å². The first-order valence-corrected chi connectivity index (χ1v) is 6.60. The Morgan fingerprint density at radius 2 is 2.16 bits per heavy atom. The Bertz CT molecular complexity index is 444. The molecule has 4 heteroatoms. The first kappa shape index (κ1) is 15.7. The molecule has 0 spiro atoms. The van der Waals surface area contributed by atoms with Gasteiger partial charge in [0.2, 0.25) is 0 Å². The van der Waals surface area contributed by atoms with E-state index in [-0.39, 0.29) is 12.4 Å².